The molecule has 1 aliphatic carbocycles. The van der Waals surface area contributed by atoms with Crippen LogP contribution in [0.5, 0.6) is 0 Å². The van der Waals surface area contributed by atoms with E-state index in [2.05, 4.69) is 27.6 Å². The zero-order valence-electron chi connectivity index (χ0n) is 14.3. The third-order valence-corrected chi connectivity index (χ3v) is 5.25. The summed E-state index contributed by atoms with van der Waals surface area (Å²) < 4.78 is 3.90. The summed E-state index contributed by atoms with van der Waals surface area (Å²) in [6.45, 7) is 4.69. The van der Waals surface area contributed by atoms with E-state index in [1.54, 1.807) is 18.0 Å². The summed E-state index contributed by atoms with van der Waals surface area (Å²) in [5.74, 6) is 2.22. The Hall–Kier alpha value is -1.96. The van der Waals surface area contributed by atoms with Gasteiger partial charge in [0, 0.05) is 37.8 Å². The Morgan fingerprint density at radius 2 is 2.29 bits per heavy atom. The van der Waals surface area contributed by atoms with E-state index in [1.807, 2.05) is 35.5 Å². The van der Waals surface area contributed by atoms with Crippen molar-refractivity contribution < 1.29 is 4.79 Å². The zero-order valence-corrected chi connectivity index (χ0v) is 15.1. The second-order valence-electron chi connectivity index (χ2n) is 6.24. The minimum Gasteiger partial charge on any atom is -0.337 e. The van der Waals surface area contributed by atoms with Gasteiger partial charge in [0.2, 0.25) is 0 Å². The molecule has 2 heterocycles. The minimum absolute atomic E-state index is 0.195. The van der Waals surface area contributed by atoms with Crippen LogP contribution in [0.3, 0.4) is 0 Å². The maximum atomic E-state index is 12.1. The van der Waals surface area contributed by atoms with E-state index in [-0.39, 0.29) is 6.03 Å². The van der Waals surface area contributed by atoms with Gasteiger partial charge in [-0.2, -0.15) is 5.10 Å². The lowest BCUT2D eigenvalue weighted by atomic mass is 10.2. The molecule has 2 amide bonds. The van der Waals surface area contributed by atoms with Gasteiger partial charge in [-0.15, -0.1) is 0 Å². The van der Waals surface area contributed by atoms with E-state index in [1.165, 1.54) is 12.8 Å². The number of rotatable bonds is 7. The third-order valence-electron chi connectivity index (χ3n) is 4.19. The number of nitrogens with zero attached hydrogens (tertiary/aromatic N) is 4. The van der Waals surface area contributed by atoms with Crippen LogP contribution in [-0.4, -0.2) is 37.7 Å². The van der Waals surface area contributed by atoms with Gasteiger partial charge in [0.05, 0.1) is 11.7 Å². The van der Waals surface area contributed by atoms with Crippen molar-refractivity contribution in [2.75, 3.05) is 17.6 Å². The number of urea groups is 1. The number of thioether (sulfide) groups is 1. The minimum atomic E-state index is -0.195. The normalized spacial score (nSPS) is 15.3. The highest BCUT2D eigenvalue weighted by Gasteiger charge is 2.31. The summed E-state index contributed by atoms with van der Waals surface area (Å²) in [5, 5.41) is 11.3. The molecule has 3 rings (SSSR count). The molecule has 2 aromatic heterocycles. The Kier molecular flexibility index (Phi) is 5.13. The summed E-state index contributed by atoms with van der Waals surface area (Å²) >= 11 is 1.62. The zero-order chi connectivity index (χ0) is 17.1. The highest BCUT2D eigenvalue weighted by molar-refractivity contribution is 7.99. The molecule has 7 nitrogen and oxygen atoms in total. The van der Waals surface area contributed by atoms with Crippen LogP contribution < -0.4 is 10.6 Å². The number of carbonyl (C=O) groups is 1. The van der Waals surface area contributed by atoms with Crippen LogP contribution in [0.4, 0.5) is 10.6 Å². The highest BCUT2D eigenvalue weighted by Crippen LogP contribution is 2.40. The number of hydrogen-bond acceptors (Lipinski definition) is 4. The van der Waals surface area contributed by atoms with E-state index in [4.69, 9.17) is 0 Å². The first-order valence-corrected chi connectivity index (χ1v) is 9.24. The molecule has 1 saturated carbocycles. The number of aryl methyl sites for hydroxylation is 2. The largest absolute Gasteiger partial charge is 0.337 e. The van der Waals surface area contributed by atoms with Crippen molar-refractivity contribution in [1.29, 1.82) is 0 Å². The van der Waals surface area contributed by atoms with E-state index in [0.29, 0.717) is 18.5 Å². The van der Waals surface area contributed by atoms with Gasteiger partial charge in [-0.1, -0.05) is 11.8 Å². The third kappa shape index (κ3) is 4.11. The van der Waals surface area contributed by atoms with E-state index < -0.39 is 0 Å². The molecule has 8 heteroatoms. The summed E-state index contributed by atoms with van der Waals surface area (Å²) in [5.41, 5.74) is 0.920. The van der Waals surface area contributed by atoms with Gasteiger partial charge in [0.15, 0.2) is 5.16 Å². The summed E-state index contributed by atoms with van der Waals surface area (Å²) in [7, 11) is 1.96. The van der Waals surface area contributed by atoms with Gasteiger partial charge >= 0.3 is 6.03 Å². The lowest BCUT2D eigenvalue weighted by Crippen LogP contribution is -2.31. The van der Waals surface area contributed by atoms with Gasteiger partial charge in [-0.25, -0.2) is 14.5 Å². The Bertz CT molecular complexity index is 705. The van der Waals surface area contributed by atoms with Crippen LogP contribution in [0.2, 0.25) is 0 Å². The first-order chi connectivity index (χ1) is 11.5. The molecule has 0 aliphatic heterocycles. The number of aromatic nitrogens is 4. The van der Waals surface area contributed by atoms with E-state index in [0.717, 1.165) is 22.4 Å². The topological polar surface area (TPSA) is 76.8 Å². The molecule has 0 saturated heterocycles. The van der Waals surface area contributed by atoms with Crippen LogP contribution in [0, 0.1) is 12.8 Å². The fraction of sp³-hybridized carbons (Fsp3) is 0.562. The number of amides is 2. The quantitative estimate of drug-likeness (QED) is 0.596. The molecule has 2 aromatic rings. The average molecular weight is 348 g/mol. The number of nitrogens with one attached hydrogen (secondary N) is 2. The second kappa shape index (κ2) is 7.29. The summed E-state index contributed by atoms with van der Waals surface area (Å²) in [6, 6.07) is 2.05. The molecule has 0 unspecified atom stereocenters. The predicted molar refractivity (Wildman–Crippen MR) is 95.4 cm³/mol. The molecular weight excluding hydrogens is 324 g/mol. The molecule has 2 N–H and O–H groups in total. The first-order valence-electron chi connectivity index (χ1n) is 8.25. The van der Waals surface area contributed by atoms with Crippen molar-refractivity contribution in [3.63, 3.8) is 0 Å². The van der Waals surface area contributed by atoms with Crippen LogP contribution in [0.25, 0.3) is 0 Å². The van der Waals surface area contributed by atoms with Gasteiger partial charge < -0.3 is 9.88 Å². The van der Waals surface area contributed by atoms with Crippen molar-refractivity contribution in [3.05, 3.63) is 24.2 Å². The summed E-state index contributed by atoms with van der Waals surface area (Å²) in [6.07, 6.45) is 6.17. The lowest BCUT2D eigenvalue weighted by molar-refractivity contribution is 0.252. The molecule has 0 bridgehead atoms. The Morgan fingerprint density at radius 3 is 2.96 bits per heavy atom. The molecule has 0 spiro atoms. The first kappa shape index (κ1) is 16.9. The second-order valence-corrected chi connectivity index (χ2v) is 7.31. The van der Waals surface area contributed by atoms with Crippen molar-refractivity contribution in [1.82, 2.24) is 24.6 Å². The summed E-state index contributed by atoms with van der Waals surface area (Å²) in [4.78, 5) is 16.4. The Balaban J connectivity index is 1.47. The maximum absolute atomic E-state index is 12.1. The highest BCUT2D eigenvalue weighted by atomic mass is 32.2. The molecule has 0 radical (unpaired) electrons. The average Bonchev–Trinajstić information content (AvgIpc) is 3.22. The fourth-order valence-electron chi connectivity index (χ4n) is 2.66. The van der Waals surface area contributed by atoms with Crippen LogP contribution >= 0.6 is 11.8 Å². The van der Waals surface area contributed by atoms with Crippen molar-refractivity contribution >= 4 is 23.6 Å². The number of imidazole rings is 1. The molecule has 1 aliphatic rings. The number of anilines is 1. The Morgan fingerprint density at radius 1 is 1.50 bits per heavy atom. The van der Waals surface area contributed by atoms with Crippen LogP contribution in [0.1, 0.15) is 31.5 Å². The van der Waals surface area contributed by atoms with E-state index in [9.17, 15) is 4.79 Å². The predicted octanol–water partition coefficient (Wildman–Crippen LogP) is 2.81. The molecular formula is C16H24N6OS. The maximum Gasteiger partial charge on any atom is 0.320 e. The van der Waals surface area contributed by atoms with Gasteiger partial charge in [0.25, 0.3) is 0 Å². The SMILES string of the molecule is Cc1cc(NC(=O)NCCSc2nccn2C)n([C@@H](C)C2CC2)n1. The number of carbonyl (C=O) groups excluding carboxylic acids is 1. The van der Waals surface area contributed by atoms with E-state index >= 15 is 0 Å². The van der Waals surface area contributed by atoms with Crippen molar-refractivity contribution in [2.24, 2.45) is 13.0 Å². The molecule has 1 atom stereocenters. The molecule has 0 aromatic carbocycles. The van der Waals surface area contributed by atoms with Gasteiger partial charge in [0.1, 0.15) is 5.82 Å². The standard InChI is InChI=1S/C16H24N6OS/c1-11-10-14(22(20-11)12(2)13-4-5-13)19-15(23)17-7-9-24-16-18-6-8-21(16)3/h6,8,10,12-13H,4-5,7,9H2,1-3H3,(H2,17,19,23)/t12-/m0/s1. The molecule has 130 valence electrons. The van der Waals surface area contributed by atoms with Crippen LogP contribution in [-0.2, 0) is 7.05 Å². The van der Waals surface area contributed by atoms with Crippen molar-refractivity contribution in [3.8, 4) is 0 Å². The molecule has 24 heavy (non-hydrogen) atoms. The van der Waals surface area contributed by atoms with Crippen molar-refractivity contribution in [2.45, 2.75) is 37.9 Å². The monoisotopic (exact) mass is 348 g/mol. The fourth-order valence-corrected chi connectivity index (χ4v) is 3.44. The number of hydrogen-bond donors (Lipinski definition) is 2. The van der Waals surface area contributed by atoms with Gasteiger partial charge in [-0.05, 0) is 32.6 Å². The van der Waals surface area contributed by atoms with Crippen LogP contribution in [0.15, 0.2) is 23.6 Å². The molecule has 1 fully saturated rings. The smallest absolute Gasteiger partial charge is 0.320 e. The lowest BCUT2D eigenvalue weighted by Gasteiger charge is -2.15. The Labute approximate surface area is 146 Å². The van der Waals surface area contributed by atoms with Gasteiger partial charge in [-0.3, -0.25) is 5.32 Å².